The van der Waals surface area contributed by atoms with Gasteiger partial charge in [-0.15, -0.1) is 0 Å². The van der Waals surface area contributed by atoms with Gasteiger partial charge < -0.3 is 9.15 Å². The number of hydrogen-bond acceptors (Lipinski definition) is 2. The Morgan fingerprint density at radius 3 is 1.95 bits per heavy atom. The molecule has 2 heterocycles. The van der Waals surface area contributed by atoms with E-state index in [1.165, 1.54) is 38.9 Å². The zero-order valence-corrected chi connectivity index (χ0v) is 21.2. The first-order valence-electron chi connectivity index (χ1n) is 13.3. The van der Waals surface area contributed by atoms with Crippen molar-refractivity contribution in [2.45, 2.75) is 6.61 Å². The first kappa shape index (κ1) is 22.0. The lowest BCUT2D eigenvalue weighted by atomic mass is 9.88. The van der Waals surface area contributed by atoms with Crippen molar-refractivity contribution in [3.8, 4) is 50.3 Å². The quantitative estimate of drug-likeness (QED) is 0.241. The SMILES string of the molecule is c1cc(-c2cccc(-c3cccc4c3oc3ccccc34)c2)cc(-c2cccc3c2-c2ccccc2CO3)c1. The Morgan fingerprint density at radius 2 is 1.08 bits per heavy atom. The second kappa shape index (κ2) is 8.75. The van der Waals surface area contributed by atoms with Crippen molar-refractivity contribution in [3.05, 3.63) is 139 Å². The van der Waals surface area contributed by atoms with E-state index in [2.05, 4.69) is 121 Å². The maximum absolute atomic E-state index is 6.33. The van der Waals surface area contributed by atoms with E-state index >= 15 is 0 Å². The topological polar surface area (TPSA) is 22.4 Å². The summed E-state index contributed by atoms with van der Waals surface area (Å²) in [5.41, 5.74) is 12.4. The fraction of sp³-hybridized carbons (Fsp3) is 0.0270. The van der Waals surface area contributed by atoms with Crippen molar-refractivity contribution < 1.29 is 9.15 Å². The third kappa shape index (κ3) is 3.57. The van der Waals surface area contributed by atoms with Crippen molar-refractivity contribution >= 4 is 21.9 Å². The van der Waals surface area contributed by atoms with E-state index in [0.29, 0.717) is 6.61 Å². The third-order valence-electron chi connectivity index (χ3n) is 7.78. The molecule has 6 aromatic carbocycles. The first-order chi connectivity index (χ1) is 19.3. The molecule has 7 aromatic rings. The molecule has 0 amide bonds. The van der Waals surface area contributed by atoms with Crippen LogP contribution in [0.3, 0.4) is 0 Å². The maximum Gasteiger partial charge on any atom is 0.143 e. The Labute approximate surface area is 226 Å². The molecule has 0 saturated carbocycles. The Morgan fingerprint density at radius 1 is 0.462 bits per heavy atom. The summed E-state index contributed by atoms with van der Waals surface area (Å²) in [4.78, 5) is 0. The molecular weight excluding hydrogens is 476 g/mol. The molecule has 184 valence electrons. The van der Waals surface area contributed by atoms with Gasteiger partial charge in [-0.1, -0.05) is 109 Å². The number of benzene rings is 6. The number of rotatable bonds is 3. The van der Waals surface area contributed by atoms with Gasteiger partial charge in [0.25, 0.3) is 0 Å². The minimum atomic E-state index is 0.609. The van der Waals surface area contributed by atoms with E-state index in [-0.39, 0.29) is 0 Å². The highest BCUT2D eigenvalue weighted by Crippen LogP contribution is 2.44. The van der Waals surface area contributed by atoms with Crippen molar-refractivity contribution in [3.63, 3.8) is 0 Å². The van der Waals surface area contributed by atoms with Gasteiger partial charge >= 0.3 is 0 Å². The summed E-state index contributed by atoms with van der Waals surface area (Å²) in [6.45, 7) is 0.609. The molecule has 0 unspecified atom stereocenters. The van der Waals surface area contributed by atoms with Crippen LogP contribution in [0.5, 0.6) is 5.75 Å². The van der Waals surface area contributed by atoms with Crippen molar-refractivity contribution in [2.24, 2.45) is 0 Å². The van der Waals surface area contributed by atoms with Crippen LogP contribution >= 0.6 is 0 Å². The van der Waals surface area contributed by atoms with Gasteiger partial charge in [-0.25, -0.2) is 0 Å². The van der Waals surface area contributed by atoms with Crippen molar-refractivity contribution in [1.29, 1.82) is 0 Å². The highest BCUT2D eigenvalue weighted by atomic mass is 16.5. The van der Waals surface area contributed by atoms with Crippen LogP contribution in [0.2, 0.25) is 0 Å². The Kier molecular flexibility index (Phi) is 4.92. The summed E-state index contributed by atoms with van der Waals surface area (Å²) in [6, 6.07) is 47.1. The normalized spacial score (nSPS) is 12.2. The highest BCUT2D eigenvalue weighted by Gasteiger charge is 2.21. The molecule has 0 N–H and O–H groups in total. The van der Waals surface area contributed by atoms with Gasteiger partial charge in [0.1, 0.15) is 23.5 Å². The molecule has 0 fully saturated rings. The van der Waals surface area contributed by atoms with E-state index in [9.17, 15) is 0 Å². The van der Waals surface area contributed by atoms with Crippen LogP contribution in [0.25, 0.3) is 66.4 Å². The van der Waals surface area contributed by atoms with Crippen LogP contribution < -0.4 is 4.74 Å². The van der Waals surface area contributed by atoms with E-state index in [1.54, 1.807) is 0 Å². The standard InChI is InChI=1S/C37H24O2/c1-2-14-30-28(9-1)23-38-35-20-8-16-29(36(30)35)26-12-5-10-24(21-26)25-11-6-13-27(22-25)31-17-7-18-33-32-15-3-4-19-34(32)39-37(31)33/h1-22H,23H2. The molecule has 8 rings (SSSR count). The van der Waals surface area contributed by atoms with E-state index in [1.807, 2.05) is 12.1 Å². The molecule has 1 aliphatic heterocycles. The molecule has 0 bridgehead atoms. The lowest BCUT2D eigenvalue weighted by molar-refractivity contribution is 0.302. The van der Waals surface area contributed by atoms with Gasteiger partial charge in [-0.3, -0.25) is 0 Å². The van der Waals surface area contributed by atoms with Crippen molar-refractivity contribution in [1.82, 2.24) is 0 Å². The van der Waals surface area contributed by atoms with E-state index in [4.69, 9.17) is 9.15 Å². The molecular formula is C37H24O2. The largest absolute Gasteiger partial charge is 0.488 e. The number of furan rings is 1. The first-order valence-corrected chi connectivity index (χ1v) is 13.3. The predicted molar refractivity (Wildman–Crippen MR) is 160 cm³/mol. The van der Waals surface area contributed by atoms with Crippen LogP contribution in [0.4, 0.5) is 0 Å². The van der Waals surface area contributed by atoms with Crippen molar-refractivity contribution in [2.75, 3.05) is 0 Å². The number of para-hydroxylation sites is 2. The summed E-state index contributed by atoms with van der Waals surface area (Å²) in [6.07, 6.45) is 0. The average molecular weight is 501 g/mol. The maximum atomic E-state index is 6.33. The van der Waals surface area contributed by atoms with Gasteiger partial charge in [0.05, 0.1) is 0 Å². The monoisotopic (exact) mass is 500 g/mol. The van der Waals surface area contributed by atoms with Gasteiger partial charge in [-0.05, 0) is 63.2 Å². The van der Waals surface area contributed by atoms with Crippen LogP contribution in [-0.4, -0.2) is 0 Å². The molecule has 2 nitrogen and oxygen atoms in total. The summed E-state index contributed by atoms with van der Waals surface area (Å²) >= 11 is 0. The lowest BCUT2D eigenvalue weighted by Crippen LogP contribution is -2.06. The number of hydrogen-bond donors (Lipinski definition) is 0. The molecule has 0 aliphatic carbocycles. The summed E-state index contributed by atoms with van der Waals surface area (Å²) in [5.74, 6) is 0.942. The molecule has 39 heavy (non-hydrogen) atoms. The molecule has 0 radical (unpaired) electrons. The number of fused-ring (bicyclic) bond motifs is 6. The van der Waals surface area contributed by atoms with Gasteiger partial charge in [0.2, 0.25) is 0 Å². The minimum absolute atomic E-state index is 0.609. The molecule has 0 saturated heterocycles. The molecule has 2 heteroatoms. The second-order valence-corrected chi connectivity index (χ2v) is 10.1. The average Bonchev–Trinajstić information content (AvgIpc) is 3.40. The van der Waals surface area contributed by atoms with E-state index in [0.717, 1.165) is 38.8 Å². The lowest BCUT2D eigenvalue weighted by Gasteiger charge is -2.23. The smallest absolute Gasteiger partial charge is 0.143 e. The second-order valence-electron chi connectivity index (χ2n) is 10.1. The molecule has 1 aliphatic rings. The van der Waals surface area contributed by atoms with Crippen LogP contribution in [0.1, 0.15) is 5.56 Å². The Hall–Kier alpha value is -5.08. The molecule has 1 aromatic heterocycles. The fourth-order valence-corrected chi connectivity index (χ4v) is 5.92. The highest BCUT2D eigenvalue weighted by molar-refractivity contribution is 6.09. The summed E-state index contributed by atoms with van der Waals surface area (Å²) in [7, 11) is 0. The predicted octanol–water partition coefficient (Wildman–Crippen LogP) is 10.1. The molecule has 0 spiro atoms. The summed E-state index contributed by atoms with van der Waals surface area (Å²) in [5, 5.41) is 2.29. The van der Waals surface area contributed by atoms with Gasteiger partial charge in [0, 0.05) is 21.9 Å². The molecule has 0 atom stereocenters. The summed E-state index contributed by atoms with van der Waals surface area (Å²) < 4.78 is 12.5. The number of ether oxygens (including phenoxy) is 1. The van der Waals surface area contributed by atoms with Gasteiger partial charge in [0.15, 0.2) is 0 Å². The zero-order chi connectivity index (χ0) is 25.8. The van der Waals surface area contributed by atoms with Crippen LogP contribution in [0, 0.1) is 0 Å². The fourth-order valence-electron chi connectivity index (χ4n) is 5.92. The Bertz CT molecular complexity index is 2030. The van der Waals surface area contributed by atoms with E-state index < -0.39 is 0 Å². The third-order valence-corrected chi connectivity index (χ3v) is 7.78. The van der Waals surface area contributed by atoms with Gasteiger partial charge in [-0.2, -0.15) is 0 Å². The zero-order valence-electron chi connectivity index (χ0n) is 21.2. The van der Waals surface area contributed by atoms with Crippen LogP contribution in [-0.2, 0) is 6.61 Å². The van der Waals surface area contributed by atoms with Crippen LogP contribution in [0.15, 0.2) is 138 Å². The Balaban J connectivity index is 1.24. The minimum Gasteiger partial charge on any atom is -0.488 e.